The van der Waals surface area contributed by atoms with Crippen LogP contribution in [0.3, 0.4) is 0 Å². The van der Waals surface area contributed by atoms with E-state index in [2.05, 4.69) is 15.0 Å². The predicted octanol–water partition coefficient (Wildman–Crippen LogP) is 1.25. The summed E-state index contributed by atoms with van der Waals surface area (Å²) in [5.74, 6) is 0. The van der Waals surface area contributed by atoms with E-state index in [-0.39, 0.29) is 6.61 Å². The first kappa shape index (κ1) is 13.7. The number of ether oxygens (including phenoxy) is 1. The van der Waals surface area contributed by atoms with E-state index in [4.69, 9.17) is 0 Å². The third kappa shape index (κ3) is 5.14. The molecule has 1 fully saturated rings. The van der Waals surface area contributed by atoms with Gasteiger partial charge in [0.2, 0.25) is 0 Å². The minimum atomic E-state index is -4.22. The van der Waals surface area contributed by atoms with Gasteiger partial charge in [0.25, 0.3) is 0 Å². The Hall–Kier alpha value is -0.330. The van der Waals surface area contributed by atoms with Gasteiger partial charge >= 0.3 is 6.18 Å². The van der Waals surface area contributed by atoms with Crippen molar-refractivity contribution < 1.29 is 17.9 Å². The minimum absolute atomic E-state index is 0.143. The van der Waals surface area contributed by atoms with Crippen molar-refractivity contribution in [3.63, 3.8) is 0 Å². The van der Waals surface area contributed by atoms with Crippen LogP contribution in [0.1, 0.15) is 13.3 Å². The van der Waals surface area contributed by atoms with Gasteiger partial charge in [0.05, 0.1) is 6.61 Å². The van der Waals surface area contributed by atoms with Crippen LogP contribution < -0.4 is 5.32 Å². The van der Waals surface area contributed by atoms with Crippen LogP contribution in [0.25, 0.3) is 0 Å². The Labute approximate surface area is 93.9 Å². The van der Waals surface area contributed by atoms with Crippen molar-refractivity contribution in [3.8, 4) is 0 Å². The van der Waals surface area contributed by atoms with Crippen molar-refractivity contribution in [2.75, 3.05) is 39.4 Å². The van der Waals surface area contributed by atoms with Gasteiger partial charge < -0.3 is 10.1 Å². The van der Waals surface area contributed by atoms with E-state index in [0.717, 1.165) is 26.1 Å². The lowest BCUT2D eigenvalue weighted by molar-refractivity contribution is -0.174. The van der Waals surface area contributed by atoms with Crippen molar-refractivity contribution in [3.05, 3.63) is 0 Å². The largest absolute Gasteiger partial charge is 0.411 e. The highest BCUT2D eigenvalue weighted by atomic mass is 19.4. The van der Waals surface area contributed by atoms with E-state index >= 15 is 0 Å². The summed E-state index contributed by atoms with van der Waals surface area (Å²) in [7, 11) is 0. The van der Waals surface area contributed by atoms with Gasteiger partial charge in [0, 0.05) is 19.1 Å². The van der Waals surface area contributed by atoms with Crippen molar-refractivity contribution in [1.82, 2.24) is 10.2 Å². The normalized spacial score (nSPS) is 21.9. The summed E-state index contributed by atoms with van der Waals surface area (Å²) in [6.07, 6.45) is -3.15. The molecule has 1 heterocycles. The number of nitrogens with one attached hydrogen (secondary N) is 1. The number of hydrogen-bond acceptors (Lipinski definition) is 3. The molecule has 1 atom stereocenters. The lowest BCUT2D eigenvalue weighted by Crippen LogP contribution is -2.39. The van der Waals surface area contributed by atoms with Crippen molar-refractivity contribution in [2.24, 2.45) is 0 Å². The summed E-state index contributed by atoms with van der Waals surface area (Å²) in [6, 6.07) is 0.444. The second-order valence-electron chi connectivity index (χ2n) is 3.94. The van der Waals surface area contributed by atoms with Gasteiger partial charge in [0.15, 0.2) is 0 Å². The van der Waals surface area contributed by atoms with Crippen LogP contribution >= 0.6 is 0 Å². The third-order valence-corrected chi connectivity index (χ3v) is 2.75. The number of rotatable bonds is 6. The monoisotopic (exact) mass is 240 g/mol. The summed E-state index contributed by atoms with van der Waals surface area (Å²) in [5.41, 5.74) is 0. The van der Waals surface area contributed by atoms with Crippen LogP contribution in [0, 0.1) is 0 Å². The average Bonchev–Trinajstić information content (AvgIpc) is 2.69. The minimum Gasteiger partial charge on any atom is -0.371 e. The molecule has 0 amide bonds. The first-order valence-corrected chi connectivity index (χ1v) is 5.62. The Morgan fingerprint density at radius 2 is 2.19 bits per heavy atom. The summed E-state index contributed by atoms with van der Waals surface area (Å²) in [5, 5.41) is 3.24. The van der Waals surface area contributed by atoms with Crippen molar-refractivity contribution in [2.45, 2.75) is 25.6 Å². The fourth-order valence-electron chi connectivity index (χ4n) is 1.92. The molecule has 0 bridgehead atoms. The van der Waals surface area contributed by atoms with E-state index in [1.807, 2.05) is 6.92 Å². The average molecular weight is 240 g/mol. The molecule has 1 aliphatic rings. The molecule has 16 heavy (non-hydrogen) atoms. The highest BCUT2D eigenvalue weighted by molar-refractivity contribution is 4.79. The quantitative estimate of drug-likeness (QED) is 0.707. The van der Waals surface area contributed by atoms with Crippen LogP contribution in [0.2, 0.25) is 0 Å². The summed E-state index contributed by atoms with van der Waals surface area (Å²) >= 11 is 0. The standard InChI is InChI=1S/C10H19F3N2O/c1-2-15(9-3-4-14-7-9)5-6-16-8-10(11,12)13/h9,14H,2-8H2,1H3. The van der Waals surface area contributed by atoms with E-state index in [9.17, 15) is 13.2 Å². The highest BCUT2D eigenvalue weighted by Crippen LogP contribution is 2.14. The molecule has 0 radical (unpaired) electrons. The molecule has 0 saturated carbocycles. The van der Waals surface area contributed by atoms with Crippen LogP contribution in [0.15, 0.2) is 0 Å². The lowest BCUT2D eigenvalue weighted by atomic mass is 10.2. The lowest BCUT2D eigenvalue weighted by Gasteiger charge is -2.26. The van der Waals surface area contributed by atoms with Gasteiger partial charge in [-0.15, -0.1) is 0 Å². The SMILES string of the molecule is CCN(CCOCC(F)(F)F)C1CCNC1. The Morgan fingerprint density at radius 3 is 2.69 bits per heavy atom. The third-order valence-electron chi connectivity index (χ3n) is 2.75. The van der Waals surface area contributed by atoms with Crippen LogP contribution in [0.4, 0.5) is 13.2 Å². The topological polar surface area (TPSA) is 24.5 Å². The van der Waals surface area contributed by atoms with Gasteiger partial charge in [-0.2, -0.15) is 13.2 Å². The van der Waals surface area contributed by atoms with Crippen LogP contribution in [-0.2, 0) is 4.74 Å². The van der Waals surface area contributed by atoms with E-state index < -0.39 is 12.8 Å². The van der Waals surface area contributed by atoms with E-state index in [1.165, 1.54) is 0 Å². The fraction of sp³-hybridized carbons (Fsp3) is 1.00. The predicted molar refractivity (Wildman–Crippen MR) is 55.4 cm³/mol. The Kier molecular flexibility index (Phi) is 5.51. The van der Waals surface area contributed by atoms with Crippen molar-refractivity contribution in [1.29, 1.82) is 0 Å². The second kappa shape index (κ2) is 6.42. The van der Waals surface area contributed by atoms with E-state index in [1.54, 1.807) is 0 Å². The zero-order valence-electron chi connectivity index (χ0n) is 9.52. The Morgan fingerprint density at radius 1 is 1.44 bits per heavy atom. The number of nitrogens with zero attached hydrogens (tertiary/aromatic N) is 1. The smallest absolute Gasteiger partial charge is 0.371 e. The molecule has 1 N–H and O–H groups in total. The molecule has 0 aliphatic carbocycles. The number of alkyl halides is 3. The van der Waals surface area contributed by atoms with Gasteiger partial charge in [-0.1, -0.05) is 6.92 Å². The molecule has 0 aromatic rings. The first-order valence-electron chi connectivity index (χ1n) is 5.62. The second-order valence-corrected chi connectivity index (χ2v) is 3.94. The maximum absolute atomic E-state index is 11.8. The zero-order chi connectivity index (χ0) is 12.0. The van der Waals surface area contributed by atoms with Gasteiger partial charge in [-0.3, -0.25) is 4.90 Å². The Balaban J connectivity index is 2.14. The molecule has 0 aromatic carbocycles. The van der Waals surface area contributed by atoms with Gasteiger partial charge in [0.1, 0.15) is 6.61 Å². The molecule has 0 spiro atoms. The van der Waals surface area contributed by atoms with Crippen LogP contribution in [0.5, 0.6) is 0 Å². The van der Waals surface area contributed by atoms with Gasteiger partial charge in [-0.25, -0.2) is 0 Å². The molecule has 96 valence electrons. The molecular weight excluding hydrogens is 221 g/mol. The Bertz CT molecular complexity index is 193. The summed E-state index contributed by atoms with van der Waals surface area (Å²) < 4.78 is 40.0. The van der Waals surface area contributed by atoms with E-state index in [0.29, 0.717) is 12.6 Å². The molecule has 1 saturated heterocycles. The number of halogens is 3. The molecular formula is C10H19F3N2O. The maximum atomic E-state index is 11.8. The molecule has 3 nitrogen and oxygen atoms in total. The van der Waals surface area contributed by atoms with Crippen LogP contribution in [-0.4, -0.2) is 56.5 Å². The fourth-order valence-corrected chi connectivity index (χ4v) is 1.92. The number of likely N-dealkylation sites (N-methyl/N-ethyl adjacent to an activating group) is 1. The highest BCUT2D eigenvalue weighted by Gasteiger charge is 2.27. The number of hydrogen-bond donors (Lipinski definition) is 1. The van der Waals surface area contributed by atoms with Crippen molar-refractivity contribution >= 4 is 0 Å². The molecule has 1 unspecified atom stereocenters. The summed E-state index contributed by atoms with van der Waals surface area (Å²) in [4.78, 5) is 2.16. The van der Waals surface area contributed by atoms with Gasteiger partial charge in [-0.05, 0) is 19.5 Å². The first-order chi connectivity index (χ1) is 7.53. The maximum Gasteiger partial charge on any atom is 0.411 e. The molecule has 0 aromatic heterocycles. The molecule has 1 rings (SSSR count). The molecule has 6 heteroatoms. The molecule has 1 aliphatic heterocycles. The summed E-state index contributed by atoms with van der Waals surface area (Å²) in [6.45, 7) is 4.34. The zero-order valence-corrected chi connectivity index (χ0v) is 9.52.